The summed E-state index contributed by atoms with van der Waals surface area (Å²) in [5.74, 6) is 1.41. The van der Waals surface area contributed by atoms with Crippen LogP contribution in [0.25, 0.3) is 0 Å². The molecule has 0 bridgehead atoms. The summed E-state index contributed by atoms with van der Waals surface area (Å²) in [6, 6.07) is 10.2. The Morgan fingerprint density at radius 3 is 2.54 bits per heavy atom. The summed E-state index contributed by atoms with van der Waals surface area (Å²) in [5, 5.41) is 5.85. The van der Waals surface area contributed by atoms with Gasteiger partial charge in [0.05, 0.1) is 6.54 Å². The Hall–Kier alpha value is -1.79. The molecular weight excluding hydrogens is 330 g/mol. The van der Waals surface area contributed by atoms with Crippen molar-refractivity contribution in [1.29, 1.82) is 0 Å². The van der Waals surface area contributed by atoms with Crippen LogP contribution in [-0.2, 0) is 4.74 Å². The monoisotopic (exact) mass is 361 g/mol. The molecule has 1 aromatic rings. The van der Waals surface area contributed by atoms with Gasteiger partial charge < -0.3 is 25.0 Å². The number of hydrogen-bond donors (Lipinski definition) is 2. The first-order valence-corrected chi connectivity index (χ1v) is 9.82. The topological polar surface area (TPSA) is 62.8 Å². The van der Waals surface area contributed by atoms with E-state index in [0.717, 1.165) is 64.3 Å². The number of nitrogens with one attached hydrogen (secondary N) is 2. The number of rotatable bonds is 7. The second-order valence-corrected chi connectivity index (χ2v) is 7.12. The molecule has 0 spiro atoms. The molecule has 0 atom stereocenters. The molecule has 2 amide bonds. The van der Waals surface area contributed by atoms with Gasteiger partial charge >= 0.3 is 6.03 Å². The molecule has 2 aliphatic rings. The number of urea groups is 1. The average Bonchev–Trinajstić information content (AvgIpc) is 2.71. The van der Waals surface area contributed by atoms with Crippen LogP contribution in [0, 0.1) is 5.92 Å². The number of piperidine rings is 1. The Kier molecular flexibility index (Phi) is 7.58. The maximum Gasteiger partial charge on any atom is 0.314 e. The predicted octanol–water partition coefficient (Wildman–Crippen LogP) is 2.26. The first kappa shape index (κ1) is 19.0. The third-order valence-corrected chi connectivity index (χ3v) is 5.31. The molecule has 0 saturated carbocycles. The van der Waals surface area contributed by atoms with Gasteiger partial charge in [0, 0.05) is 25.8 Å². The lowest BCUT2D eigenvalue weighted by molar-refractivity contribution is 0.0213. The summed E-state index contributed by atoms with van der Waals surface area (Å²) in [6.45, 7) is 5.82. The van der Waals surface area contributed by atoms with Gasteiger partial charge in [-0.1, -0.05) is 18.2 Å². The first-order chi connectivity index (χ1) is 12.8. The third kappa shape index (κ3) is 6.18. The molecule has 0 unspecified atom stereocenters. The Bertz CT molecular complexity index is 526. The smallest absolute Gasteiger partial charge is 0.314 e. The van der Waals surface area contributed by atoms with Gasteiger partial charge in [-0.05, 0) is 56.8 Å². The minimum absolute atomic E-state index is 0.103. The van der Waals surface area contributed by atoms with Crippen LogP contribution in [0.4, 0.5) is 4.79 Å². The van der Waals surface area contributed by atoms with Crippen molar-refractivity contribution in [2.24, 2.45) is 5.92 Å². The number of hydrogen-bond acceptors (Lipinski definition) is 4. The molecule has 3 rings (SSSR count). The number of likely N-dealkylation sites (tertiary alicyclic amines) is 1. The molecule has 2 N–H and O–H groups in total. The van der Waals surface area contributed by atoms with Gasteiger partial charge in [0.2, 0.25) is 0 Å². The highest BCUT2D eigenvalue weighted by molar-refractivity contribution is 5.73. The fourth-order valence-electron chi connectivity index (χ4n) is 3.72. The van der Waals surface area contributed by atoms with Crippen molar-refractivity contribution >= 4 is 6.03 Å². The second kappa shape index (κ2) is 10.4. The van der Waals surface area contributed by atoms with Crippen molar-refractivity contribution < 1.29 is 14.3 Å². The van der Waals surface area contributed by atoms with E-state index in [1.807, 2.05) is 30.3 Å². The Morgan fingerprint density at radius 2 is 1.81 bits per heavy atom. The summed E-state index contributed by atoms with van der Waals surface area (Å²) >= 11 is 0. The normalized spacial score (nSPS) is 19.8. The van der Waals surface area contributed by atoms with E-state index in [4.69, 9.17) is 9.47 Å². The van der Waals surface area contributed by atoms with Gasteiger partial charge in [0.1, 0.15) is 12.4 Å². The van der Waals surface area contributed by atoms with Crippen molar-refractivity contribution in [2.45, 2.75) is 31.7 Å². The summed E-state index contributed by atoms with van der Waals surface area (Å²) in [6.07, 6.45) is 4.65. The van der Waals surface area contributed by atoms with Crippen molar-refractivity contribution in [1.82, 2.24) is 15.5 Å². The maximum absolute atomic E-state index is 11.9. The highest BCUT2D eigenvalue weighted by atomic mass is 16.5. The van der Waals surface area contributed by atoms with E-state index in [1.165, 1.54) is 0 Å². The third-order valence-electron chi connectivity index (χ3n) is 5.31. The Labute approximate surface area is 156 Å². The molecule has 0 aliphatic carbocycles. The molecule has 144 valence electrons. The van der Waals surface area contributed by atoms with E-state index in [9.17, 15) is 4.79 Å². The van der Waals surface area contributed by atoms with E-state index in [1.54, 1.807) is 0 Å². The van der Waals surface area contributed by atoms with Crippen LogP contribution in [0.15, 0.2) is 30.3 Å². The standard InChI is InChI=1S/C20H31N3O3/c24-20(21-10-15-26-19-4-2-1-3-5-19)22-16-17-6-11-23(12-7-17)18-8-13-25-14-9-18/h1-5,17-18H,6-16H2,(H2,21,22,24). The summed E-state index contributed by atoms with van der Waals surface area (Å²) in [4.78, 5) is 14.5. The number of carbonyl (C=O) groups excluding carboxylic acids is 1. The van der Waals surface area contributed by atoms with Gasteiger partial charge in [-0.3, -0.25) is 0 Å². The minimum atomic E-state index is -0.103. The molecule has 2 aliphatic heterocycles. The molecule has 6 nitrogen and oxygen atoms in total. The molecule has 2 fully saturated rings. The Morgan fingerprint density at radius 1 is 1.08 bits per heavy atom. The number of nitrogens with zero attached hydrogens (tertiary/aromatic N) is 1. The van der Waals surface area contributed by atoms with Crippen LogP contribution in [0.1, 0.15) is 25.7 Å². The van der Waals surface area contributed by atoms with Crippen LogP contribution in [0.5, 0.6) is 5.75 Å². The predicted molar refractivity (Wildman–Crippen MR) is 101 cm³/mol. The average molecular weight is 361 g/mol. The van der Waals surface area contributed by atoms with Crippen molar-refractivity contribution in [3.63, 3.8) is 0 Å². The molecule has 0 radical (unpaired) electrons. The fourth-order valence-corrected chi connectivity index (χ4v) is 3.72. The lowest BCUT2D eigenvalue weighted by Crippen LogP contribution is -2.46. The number of carbonyl (C=O) groups is 1. The molecule has 26 heavy (non-hydrogen) atoms. The molecule has 0 aromatic heterocycles. The molecule has 1 aromatic carbocycles. The van der Waals surface area contributed by atoms with Crippen molar-refractivity contribution in [3.8, 4) is 5.75 Å². The fraction of sp³-hybridized carbons (Fsp3) is 0.650. The van der Waals surface area contributed by atoms with E-state index in [-0.39, 0.29) is 6.03 Å². The van der Waals surface area contributed by atoms with E-state index in [0.29, 0.717) is 25.1 Å². The van der Waals surface area contributed by atoms with Gasteiger partial charge in [0.25, 0.3) is 0 Å². The maximum atomic E-state index is 11.9. The zero-order chi connectivity index (χ0) is 18.0. The zero-order valence-corrected chi connectivity index (χ0v) is 15.5. The van der Waals surface area contributed by atoms with Crippen molar-refractivity contribution in [2.75, 3.05) is 46.0 Å². The number of para-hydroxylation sites is 1. The molecule has 2 heterocycles. The van der Waals surface area contributed by atoms with Gasteiger partial charge in [-0.25, -0.2) is 4.79 Å². The quantitative estimate of drug-likeness (QED) is 0.731. The zero-order valence-electron chi connectivity index (χ0n) is 15.5. The van der Waals surface area contributed by atoms with Crippen LogP contribution in [0.2, 0.25) is 0 Å². The van der Waals surface area contributed by atoms with E-state index in [2.05, 4.69) is 15.5 Å². The lowest BCUT2D eigenvalue weighted by Gasteiger charge is -2.39. The summed E-state index contributed by atoms with van der Waals surface area (Å²) < 4.78 is 11.0. The lowest BCUT2D eigenvalue weighted by atomic mass is 9.94. The Balaban J connectivity index is 1.23. The van der Waals surface area contributed by atoms with Crippen LogP contribution < -0.4 is 15.4 Å². The van der Waals surface area contributed by atoms with Crippen LogP contribution in [0.3, 0.4) is 0 Å². The van der Waals surface area contributed by atoms with Gasteiger partial charge in [-0.15, -0.1) is 0 Å². The highest BCUT2D eigenvalue weighted by Crippen LogP contribution is 2.22. The van der Waals surface area contributed by atoms with Crippen molar-refractivity contribution in [3.05, 3.63) is 30.3 Å². The largest absolute Gasteiger partial charge is 0.492 e. The number of ether oxygens (including phenoxy) is 2. The van der Waals surface area contributed by atoms with E-state index < -0.39 is 0 Å². The van der Waals surface area contributed by atoms with Gasteiger partial charge in [-0.2, -0.15) is 0 Å². The summed E-state index contributed by atoms with van der Waals surface area (Å²) in [7, 11) is 0. The number of amides is 2. The minimum Gasteiger partial charge on any atom is -0.492 e. The summed E-state index contributed by atoms with van der Waals surface area (Å²) in [5.41, 5.74) is 0. The number of benzene rings is 1. The second-order valence-electron chi connectivity index (χ2n) is 7.12. The van der Waals surface area contributed by atoms with Crippen LogP contribution in [-0.4, -0.2) is 63.0 Å². The highest BCUT2D eigenvalue weighted by Gasteiger charge is 2.26. The molecule has 6 heteroatoms. The first-order valence-electron chi connectivity index (χ1n) is 9.82. The van der Waals surface area contributed by atoms with E-state index >= 15 is 0 Å². The molecular formula is C20H31N3O3. The molecule has 2 saturated heterocycles. The van der Waals surface area contributed by atoms with Crippen LogP contribution >= 0.6 is 0 Å². The van der Waals surface area contributed by atoms with Gasteiger partial charge in [0.15, 0.2) is 0 Å². The SMILES string of the molecule is O=C(NCCOc1ccccc1)NCC1CCN(C2CCOCC2)CC1.